The third-order valence-electron chi connectivity index (χ3n) is 3.87. The van der Waals surface area contributed by atoms with Crippen LogP contribution in [0.3, 0.4) is 0 Å². The Morgan fingerprint density at radius 1 is 1.15 bits per heavy atom. The first-order valence-corrected chi connectivity index (χ1v) is 8.61. The molecule has 0 aliphatic carbocycles. The predicted molar refractivity (Wildman–Crippen MR) is 116 cm³/mol. The van der Waals surface area contributed by atoms with E-state index in [1.165, 1.54) is 5.56 Å². The van der Waals surface area contributed by atoms with Crippen LogP contribution in [0.5, 0.6) is 0 Å². The van der Waals surface area contributed by atoms with Gasteiger partial charge in [-0.3, -0.25) is 4.98 Å². The summed E-state index contributed by atoms with van der Waals surface area (Å²) < 4.78 is 2.07. The minimum Gasteiger partial charge on any atom is -0.357 e. The fourth-order valence-corrected chi connectivity index (χ4v) is 2.63. The molecule has 26 heavy (non-hydrogen) atoms. The van der Waals surface area contributed by atoms with E-state index in [9.17, 15) is 0 Å². The van der Waals surface area contributed by atoms with Crippen molar-refractivity contribution in [2.75, 3.05) is 13.1 Å². The smallest absolute Gasteiger partial charge is 0.191 e. The molecule has 0 spiro atoms. The van der Waals surface area contributed by atoms with Gasteiger partial charge in [-0.2, -0.15) is 0 Å². The summed E-state index contributed by atoms with van der Waals surface area (Å²) in [6.45, 7) is 6.29. The quantitative estimate of drug-likeness (QED) is 0.335. The molecule has 0 bridgehead atoms. The monoisotopic (exact) mass is 464 g/mol. The van der Waals surface area contributed by atoms with Crippen LogP contribution >= 0.6 is 24.0 Å². The zero-order valence-corrected chi connectivity index (χ0v) is 17.5. The Morgan fingerprint density at radius 3 is 2.77 bits per heavy atom. The highest BCUT2D eigenvalue weighted by Gasteiger charge is 2.04. The minimum atomic E-state index is 0. The lowest BCUT2D eigenvalue weighted by Crippen LogP contribution is -2.38. The van der Waals surface area contributed by atoms with Crippen LogP contribution in [0.2, 0.25) is 0 Å². The van der Waals surface area contributed by atoms with Crippen molar-refractivity contribution in [3.05, 3.63) is 65.9 Å². The third kappa shape index (κ3) is 5.42. The Balaban J connectivity index is 0.00000243. The fourth-order valence-electron chi connectivity index (χ4n) is 2.63. The topological polar surface area (TPSA) is 66.6 Å². The van der Waals surface area contributed by atoms with Crippen molar-refractivity contribution in [3.8, 4) is 0 Å². The number of rotatable bonds is 6. The van der Waals surface area contributed by atoms with Crippen molar-refractivity contribution in [1.82, 2.24) is 25.0 Å². The molecule has 7 heteroatoms. The number of fused-ring (bicyclic) bond motifs is 1. The van der Waals surface area contributed by atoms with Crippen LogP contribution in [0.25, 0.3) is 5.65 Å². The molecule has 3 rings (SSSR count). The van der Waals surface area contributed by atoms with Gasteiger partial charge < -0.3 is 15.0 Å². The Morgan fingerprint density at radius 2 is 2.04 bits per heavy atom. The first kappa shape index (κ1) is 20.2. The van der Waals surface area contributed by atoms with E-state index in [0.29, 0.717) is 6.54 Å². The van der Waals surface area contributed by atoms with Crippen molar-refractivity contribution in [3.63, 3.8) is 0 Å². The summed E-state index contributed by atoms with van der Waals surface area (Å²) in [5, 5.41) is 6.62. The Kier molecular flexibility index (Phi) is 7.83. The summed E-state index contributed by atoms with van der Waals surface area (Å²) in [4.78, 5) is 13.6. The summed E-state index contributed by atoms with van der Waals surface area (Å²) >= 11 is 0. The highest BCUT2D eigenvalue weighted by Crippen LogP contribution is 2.10. The summed E-state index contributed by atoms with van der Waals surface area (Å²) in [5.74, 6) is 0.799. The number of hydrogen-bond acceptors (Lipinski definition) is 3. The first-order valence-electron chi connectivity index (χ1n) is 8.61. The molecule has 0 saturated heterocycles. The van der Waals surface area contributed by atoms with Crippen molar-refractivity contribution < 1.29 is 0 Å². The van der Waals surface area contributed by atoms with E-state index >= 15 is 0 Å². The fraction of sp³-hybridized carbons (Fsp3) is 0.316. The number of imidazole rings is 1. The number of guanidine groups is 1. The average Bonchev–Trinajstić information content (AvgIpc) is 3.05. The van der Waals surface area contributed by atoms with Crippen molar-refractivity contribution in [2.45, 2.75) is 26.8 Å². The number of aliphatic imine (C=N–C) groups is 1. The van der Waals surface area contributed by atoms with Gasteiger partial charge in [-0.1, -0.05) is 12.1 Å². The summed E-state index contributed by atoms with van der Waals surface area (Å²) in [7, 11) is 0. The van der Waals surface area contributed by atoms with Gasteiger partial charge in [0.15, 0.2) is 5.96 Å². The summed E-state index contributed by atoms with van der Waals surface area (Å²) in [6, 6.07) is 9.99. The Labute approximate surface area is 171 Å². The van der Waals surface area contributed by atoms with E-state index in [-0.39, 0.29) is 24.0 Å². The van der Waals surface area contributed by atoms with Crippen LogP contribution in [0.4, 0.5) is 0 Å². The van der Waals surface area contributed by atoms with Crippen LogP contribution in [-0.4, -0.2) is 33.4 Å². The van der Waals surface area contributed by atoms with Gasteiger partial charge in [0, 0.05) is 38.1 Å². The maximum Gasteiger partial charge on any atom is 0.191 e. The number of aryl methyl sites for hydroxylation is 1. The second kappa shape index (κ2) is 10.1. The molecule has 6 nitrogen and oxygen atoms in total. The minimum absolute atomic E-state index is 0. The summed E-state index contributed by atoms with van der Waals surface area (Å²) in [5.41, 5.74) is 4.23. The molecular formula is C19H25IN6. The van der Waals surface area contributed by atoms with E-state index in [1.54, 1.807) is 6.20 Å². The standard InChI is InChI=1S/C19H24N6.HI/c1-3-20-19(23-13-16-8-4-5-10-21-16)22-11-9-17-14-25-12-6-7-15(2)18(25)24-17;/h4-8,10,12,14H,3,9,11,13H2,1-2H3,(H2,20,22,23);1H. The number of nitrogens with zero attached hydrogens (tertiary/aromatic N) is 4. The second-order valence-corrected chi connectivity index (χ2v) is 5.85. The van der Waals surface area contributed by atoms with E-state index in [1.807, 2.05) is 30.5 Å². The number of aromatic nitrogens is 3. The molecule has 0 aliphatic rings. The molecule has 0 atom stereocenters. The van der Waals surface area contributed by atoms with Gasteiger partial charge in [0.25, 0.3) is 0 Å². The molecule has 3 aromatic rings. The normalized spacial score (nSPS) is 11.2. The zero-order chi connectivity index (χ0) is 17.5. The number of hydrogen-bond donors (Lipinski definition) is 2. The Hall–Kier alpha value is -2.16. The van der Waals surface area contributed by atoms with Crippen LogP contribution in [0.1, 0.15) is 23.9 Å². The van der Waals surface area contributed by atoms with Crippen LogP contribution < -0.4 is 10.6 Å². The molecule has 0 unspecified atom stereocenters. The van der Waals surface area contributed by atoms with Crippen molar-refractivity contribution >= 4 is 35.6 Å². The lowest BCUT2D eigenvalue weighted by molar-refractivity contribution is 0.789. The SMILES string of the molecule is CCNC(=NCc1ccccn1)NCCc1cn2cccc(C)c2n1.I. The van der Waals surface area contributed by atoms with Crippen LogP contribution in [0.15, 0.2) is 53.9 Å². The predicted octanol–water partition coefficient (Wildman–Crippen LogP) is 2.95. The molecule has 0 aliphatic heterocycles. The van der Waals surface area contributed by atoms with E-state index in [2.05, 4.69) is 51.1 Å². The zero-order valence-electron chi connectivity index (χ0n) is 15.1. The van der Waals surface area contributed by atoms with Crippen molar-refractivity contribution in [2.24, 2.45) is 4.99 Å². The molecule has 3 heterocycles. The second-order valence-electron chi connectivity index (χ2n) is 5.85. The molecule has 0 fully saturated rings. The van der Waals surface area contributed by atoms with E-state index < -0.39 is 0 Å². The van der Waals surface area contributed by atoms with Gasteiger partial charge in [-0.25, -0.2) is 9.98 Å². The molecule has 0 radical (unpaired) electrons. The molecule has 0 saturated carbocycles. The van der Waals surface area contributed by atoms with E-state index in [4.69, 9.17) is 4.98 Å². The molecule has 3 aromatic heterocycles. The molecule has 2 N–H and O–H groups in total. The first-order chi connectivity index (χ1) is 12.3. The average molecular weight is 464 g/mol. The number of halogens is 1. The Bertz CT molecular complexity index is 844. The lowest BCUT2D eigenvalue weighted by Gasteiger charge is -2.10. The number of nitrogens with one attached hydrogen (secondary N) is 2. The van der Waals surface area contributed by atoms with E-state index in [0.717, 1.165) is 42.5 Å². The molecule has 0 amide bonds. The van der Waals surface area contributed by atoms with Crippen LogP contribution in [-0.2, 0) is 13.0 Å². The van der Waals surface area contributed by atoms with Gasteiger partial charge in [0.05, 0.1) is 17.9 Å². The largest absolute Gasteiger partial charge is 0.357 e. The van der Waals surface area contributed by atoms with Gasteiger partial charge in [0.2, 0.25) is 0 Å². The van der Waals surface area contributed by atoms with Gasteiger partial charge in [0.1, 0.15) is 5.65 Å². The molecule has 0 aromatic carbocycles. The van der Waals surface area contributed by atoms with Crippen LogP contribution in [0, 0.1) is 6.92 Å². The highest BCUT2D eigenvalue weighted by molar-refractivity contribution is 14.0. The van der Waals surface area contributed by atoms with Gasteiger partial charge >= 0.3 is 0 Å². The molecule has 138 valence electrons. The number of pyridine rings is 2. The van der Waals surface area contributed by atoms with Crippen molar-refractivity contribution in [1.29, 1.82) is 0 Å². The summed E-state index contributed by atoms with van der Waals surface area (Å²) in [6.07, 6.45) is 6.75. The van der Waals surface area contributed by atoms with Gasteiger partial charge in [-0.15, -0.1) is 24.0 Å². The van der Waals surface area contributed by atoms with Gasteiger partial charge in [-0.05, 0) is 37.6 Å². The molecular weight excluding hydrogens is 439 g/mol. The maximum absolute atomic E-state index is 4.70. The lowest BCUT2D eigenvalue weighted by atomic mass is 10.3. The maximum atomic E-state index is 4.70. The third-order valence-corrected chi connectivity index (χ3v) is 3.87. The highest BCUT2D eigenvalue weighted by atomic mass is 127.